The number of aromatic nitrogens is 2. The first-order chi connectivity index (χ1) is 16.6. The first-order valence-electron chi connectivity index (χ1n) is 11.4. The van der Waals surface area contributed by atoms with Crippen molar-refractivity contribution in [3.63, 3.8) is 0 Å². The van der Waals surface area contributed by atoms with Gasteiger partial charge in [-0.2, -0.15) is 4.98 Å². The van der Waals surface area contributed by atoms with Crippen molar-refractivity contribution in [3.05, 3.63) is 88.8 Å². The van der Waals surface area contributed by atoms with E-state index >= 15 is 0 Å². The smallest absolute Gasteiger partial charge is 0.246 e. The maximum Gasteiger partial charge on any atom is 0.246 e. The molecule has 3 aliphatic rings. The molecule has 4 aromatic rings. The van der Waals surface area contributed by atoms with Gasteiger partial charge in [-0.25, -0.2) is 0 Å². The molecule has 0 fully saturated rings. The summed E-state index contributed by atoms with van der Waals surface area (Å²) in [7, 11) is 0. The lowest BCUT2D eigenvalue weighted by molar-refractivity contribution is -0.122. The van der Waals surface area contributed by atoms with Gasteiger partial charge in [-0.3, -0.25) is 4.79 Å². The number of anilines is 1. The molecule has 1 atom stereocenters. The molecule has 1 aromatic heterocycles. The molecule has 3 aromatic carbocycles. The fraction of sp³-hybridized carbons (Fsp3) is 0.222. The zero-order valence-corrected chi connectivity index (χ0v) is 18.6. The van der Waals surface area contributed by atoms with Crippen LogP contribution in [0.4, 0.5) is 5.69 Å². The molecular formula is C27H21N3O4. The number of benzene rings is 3. The molecule has 1 spiro atoms. The minimum absolute atomic E-state index is 0.0455. The van der Waals surface area contributed by atoms with Gasteiger partial charge in [0.25, 0.3) is 0 Å². The number of rotatable bonds is 3. The molecule has 1 unspecified atom stereocenters. The zero-order chi connectivity index (χ0) is 22.9. The quantitative estimate of drug-likeness (QED) is 0.465. The summed E-state index contributed by atoms with van der Waals surface area (Å²) in [5, 5.41) is 3.98. The Morgan fingerprint density at radius 2 is 1.85 bits per heavy atom. The van der Waals surface area contributed by atoms with E-state index in [2.05, 4.69) is 22.3 Å². The minimum atomic E-state index is -0.828. The van der Waals surface area contributed by atoms with Crippen molar-refractivity contribution in [2.75, 3.05) is 18.1 Å². The van der Waals surface area contributed by atoms with Crippen LogP contribution in [-0.2, 0) is 23.2 Å². The number of hydrogen-bond acceptors (Lipinski definition) is 6. The monoisotopic (exact) mass is 451 g/mol. The molecule has 3 aliphatic heterocycles. The summed E-state index contributed by atoms with van der Waals surface area (Å²) >= 11 is 0. The Bertz CT molecular complexity index is 1460. The Morgan fingerprint density at radius 3 is 2.68 bits per heavy atom. The maximum atomic E-state index is 14.1. The number of hydrogen-bond donors (Lipinski definition) is 0. The van der Waals surface area contributed by atoms with Gasteiger partial charge in [0.1, 0.15) is 23.5 Å². The number of fused-ring (bicyclic) bond motifs is 5. The molecule has 0 N–H and O–H groups in total. The van der Waals surface area contributed by atoms with Gasteiger partial charge in [-0.05, 0) is 28.8 Å². The van der Waals surface area contributed by atoms with E-state index in [1.807, 2.05) is 53.4 Å². The second kappa shape index (κ2) is 6.93. The number of amides is 1. The van der Waals surface area contributed by atoms with Crippen LogP contribution in [0.25, 0.3) is 11.4 Å². The summed E-state index contributed by atoms with van der Waals surface area (Å²) in [6.45, 7) is 3.20. The average Bonchev–Trinajstić information content (AvgIpc) is 3.63. The van der Waals surface area contributed by atoms with Crippen LogP contribution >= 0.6 is 0 Å². The molecule has 0 saturated carbocycles. The van der Waals surface area contributed by atoms with E-state index in [0.717, 1.165) is 51.4 Å². The van der Waals surface area contributed by atoms with Gasteiger partial charge in [0.2, 0.25) is 17.6 Å². The highest BCUT2D eigenvalue weighted by molar-refractivity contribution is 6.11. The molecule has 7 nitrogen and oxygen atoms in total. The first kappa shape index (κ1) is 19.3. The molecule has 0 bridgehead atoms. The van der Waals surface area contributed by atoms with Crippen LogP contribution in [0.3, 0.4) is 0 Å². The second-order valence-corrected chi connectivity index (χ2v) is 8.99. The molecule has 0 aliphatic carbocycles. The van der Waals surface area contributed by atoms with Gasteiger partial charge < -0.3 is 18.9 Å². The van der Waals surface area contributed by atoms with Crippen molar-refractivity contribution in [1.82, 2.24) is 10.1 Å². The summed E-state index contributed by atoms with van der Waals surface area (Å²) in [5.41, 5.74) is 5.07. The van der Waals surface area contributed by atoms with E-state index in [-0.39, 0.29) is 5.91 Å². The average molecular weight is 451 g/mol. The largest absolute Gasteiger partial charge is 0.493 e. The zero-order valence-electron chi connectivity index (χ0n) is 18.6. The van der Waals surface area contributed by atoms with E-state index in [4.69, 9.17) is 14.0 Å². The first-order valence-corrected chi connectivity index (χ1v) is 11.4. The molecule has 0 saturated heterocycles. The van der Waals surface area contributed by atoms with Gasteiger partial charge in [0.15, 0.2) is 0 Å². The second-order valence-electron chi connectivity index (χ2n) is 8.99. The van der Waals surface area contributed by atoms with Crippen LogP contribution in [-0.4, -0.2) is 29.3 Å². The molecule has 0 radical (unpaired) electrons. The lowest BCUT2D eigenvalue weighted by atomic mass is 9.76. The Labute approximate surface area is 195 Å². The molecular weight excluding hydrogens is 430 g/mol. The van der Waals surface area contributed by atoms with Gasteiger partial charge in [0, 0.05) is 36.2 Å². The summed E-state index contributed by atoms with van der Waals surface area (Å²) < 4.78 is 16.9. The van der Waals surface area contributed by atoms with E-state index in [1.165, 1.54) is 0 Å². The van der Waals surface area contributed by atoms with Crippen molar-refractivity contribution >= 4 is 11.6 Å². The third-order valence-corrected chi connectivity index (χ3v) is 7.04. The molecule has 1 amide bonds. The van der Waals surface area contributed by atoms with Crippen molar-refractivity contribution in [1.29, 1.82) is 0 Å². The van der Waals surface area contributed by atoms with Crippen molar-refractivity contribution < 1.29 is 18.8 Å². The van der Waals surface area contributed by atoms with Gasteiger partial charge >= 0.3 is 0 Å². The Balaban J connectivity index is 1.27. The highest BCUT2D eigenvalue weighted by Crippen LogP contribution is 2.54. The number of carbonyl (C=O) groups is 1. The molecule has 4 heterocycles. The number of para-hydroxylation sites is 1. The predicted molar refractivity (Wildman–Crippen MR) is 124 cm³/mol. The highest BCUT2D eigenvalue weighted by atomic mass is 16.5. The van der Waals surface area contributed by atoms with Crippen LogP contribution in [0.1, 0.15) is 28.1 Å². The van der Waals surface area contributed by atoms with Crippen LogP contribution < -0.4 is 14.4 Å². The number of carbonyl (C=O) groups excluding carboxylic acids is 1. The molecule has 7 rings (SSSR count). The fourth-order valence-electron chi connectivity index (χ4n) is 5.36. The standard InChI is InChI=1S/C27H21N3O4/c1-16-28-25(29-34-16)18-8-6-17(7-9-18)14-30-22-5-3-2-4-20(22)27(26(30)31)15-33-24-13-23-19(10-11-32-23)12-21(24)27/h2-9,12-13H,10-11,14-15H2,1H3. The lowest BCUT2D eigenvalue weighted by Gasteiger charge is -2.23. The normalized spacial score (nSPS) is 19.7. The Hall–Kier alpha value is -4.13. The van der Waals surface area contributed by atoms with E-state index < -0.39 is 5.41 Å². The van der Waals surface area contributed by atoms with Crippen LogP contribution in [0, 0.1) is 6.92 Å². The predicted octanol–water partition coefficient (Wildman–Crippen LogP) is 4.21. The third-order valence-electron chi connectivity index (χ3n) is 7.04. The Morgan fingerprint density at radius 1 is 1.00 bits per heavy atom. The number of nitrogens with zero attached hydrogens (tertiary/aromatic N) is 3. The number of aryl methyl sites for hydroxylation is 1. The Kier molecular flexibility index (Phi) is 3.95. The fourth-order valence-corrected chi connectivity index (χ4v) is 5.36. The molecule has 168 valence electrons. The van der Waals surface area contributed by atoms with E-state index in [0.29, 0.717) is 31.5 Å². The van der Waals surface area contributed by atoms with E-state index in [1.54, 1.807) is 6.92 Å². The van der Waals surface area contributed by atoms with Crippen LogP contribution in [0.5, 0.6) is 11.5 Å². The van der Waals surface area contributed by atoms with Crippen LogP contribution in [0.2, 0.25) is 0 Å². The maximum absolute atomic E-state index is 14.1. The summed E-state index contributed by atoms with van der Waals surface area (Å²) in [6.07, 6.45) is 0.852. The summed E-state index contributed by atoms with van der Waals surface area (Å²) in [5.74, 6) is 2.74. The van der Waals surface area contributed by atoms with Crippen molar-refractivity contribution in [2.24, 2.45) is 0 Å². The van der Waals surface area contributed by atoms with E-state index in [9.17, 15) is 4.79 Å². The SMILES string of the molecule is Cc1nc(-c2ccc(CN3C(=O)C4(COc5cc6c(cc54)CCO6)c4ccccc43)cc2)no1. The van der Waals surface area contributed by atoms with Gasteiger partial charge in [-0.1, -0.05) is 47.6 Å². The minimum Gasteiger partial charge on any atom is -0.493 e. The lowest BCUT2D eigenvalue weighted by Crippen LogP contribution is -2.42. The van der Waals surface area contributed by atoms with Crippen molar-refractivity contribution in [2.45, 2.75) is 25.3 Å². The third kappa shape index (κ3) is 2.61. The molecule has 7 heteroatoms. The van der Waals surface area contributed by atoms with Crippen molar-refractivity contribution in [3.8, 4) is 22.9 Å². The van der Waals surface area contributed by atoms with Gasteiger partial charge in [-0.15, -0.1) is 0 Å². The summed E-state index contributed by atoms with van der Waals surface area (Å²) in [6, 6.07) is 20.0. The summed E-state index contributed by atoms with van der Waals surface area (Å²) in [4.78, 5) is 20.3. The van der Waals surface area contributed by atoms with Crippen LogP contribution in [0.15, 0.2) is 65.2 Å². The molecule has 34 heavy (non-hydrogen) atoms. The van der Waals surface area contributed by atoms with Gasteiger partial charge in [0.05, 0.1) is 13.2 Å². The topological polar surface area (TPSA) is 77.7 Å². The highest BCUT2D eigenvalue weighted by Gasteiger charge is 2.57. The number of ether oxygens (including phenoxy) is 2.